The third kappa shape index (κ3) is 5.35. The fourth-order valence-corrected chi connectivity index (χ4v) is 3.03. The number of rotatable bonds is 6. The summed E-state index contributed by atoms with van der Waals surface area (Å²) < 4.78 is 6.21. The molecule has 0 heterocycles. The molecule has 0 amide bonds. The summed E-state index contributed by atoms with van der Waals surface area (Å²) in [6.45, 7) is 11.2. The molecule has 1 N–H and O–H groups in total. The van der Waals surface area contributed by atoms with Gasteiger partial charge in [0.1, 0.15) is 5.75 Å². The molecular weight excluding hydrogens is 258 g/mol. The van der Waals surface area contributed by atoms with Crippen molar-refractivity contribution >= 4 is 0 Å². The molecule has 1 fully saturated rings. The van der Waals surface area contributed by atoms with E-state index in [-0.39, 0.29) is 0 Å². The van der Waals surface area contributed by atoms with Crippen molar-refractivity contribution in [1.82, 2.24) is 5.32 Å². The zero-order valence-electron chi connectivity index (χ0n) is 14.1. The Bertz CT molecular complexity index is 429. The molecule has 1 aliphatic rings. The molecule has 0 spiro atoms. The lowest BCUT2D eigenvalue weighted by Crippen LogP contribution is -2.28. The van der Waals surface area contributed by atoms with Gasteiger partial charge < -0.3 is 10.1 Å². The van der Waals surface area contributed by atoms with Crippen LogP contribution in [-0.2, 0) is 6.54 Å². The Morgan fingerprint density at radius 1 is 1.19 bits per heavy atom. The smallest absolute Gasteiger partial charge is 0.120 e. The van der Waals surface area contributed by atoms with Crippen LogP contribution >= 0.6 is 0 Å². The summed E-state index contributed by atoms with van der Waals surface area (Å²) in [4.78, 5) is 0. The maximum absolute atomic E-state index is 6.21. The SMILES string of the molecule is CC(C)CNCc1cccc(OC2CCC(C)C(C)C2)c1. The van der Waals surface area contributed by atoms with Gasteiger partial charge in [0.15, 0.2) is 0 Å². The van der Waals surface area contributed by atoms with Gasteiger partial charge in [-0.25, -0.2) is 0 Å². The lowest BCUT2D eigenvalue weighted by molar-refractivity contribution is 0.101. The summed E-state index contributed by atoms with van der Waals surface area (Å²) in [5.41, 5.74) is 1.31. The maximum atomic E-state index is 6.21. The van der Waals surface area contributed by atoms with Crippen LogP contribution in [-0.4, -0.2) is 12.6 Å². The maximum Gasteiger partial charge on any atom is 0.120 e. The average Bonchev–Trinajstić information content (AvgIpc) is 2.43. The van der Waals surface area contributed by atoms with Gasteiger partial charge in [-0.3, -0.25) is 0 Å². The van der Waals surface area contributed by atoms with Crippen molar-refractivity contribution in [3.05, 3.63) is 29.8 Å². The molecule has 2 nitrogen and oxygen atoms in total. The Hall–Kier alpha value is -1.02. The zero-order valence-corrected chi connectivity index (χ0v) is 14.1. The Morgan fingerprint density at radius 2 is 2.00 bits per heavy atom. The number of hydrogen-bond acceptors (Lipinski definition) is 2. The Balaban J connectivity index is 1.86. The predicted octanol–water partition coefficient (Wildman–Crippen LogP) is 4.64. The Labute approximate surface area is 130 Å². The minimum Gasteiger partial charge on any atom is -0.490 e. The van der Waals surface area contributed by atoms with Crippen molar-refractivity contribution in [3.8, 4) is 5.75 Å². The minimum absolute atomic E-state index is 0.398. The average molecular weight is 289 g/mol. The summed E-state index contributed by atoms with van der Waals surface area (Å²) in [7, 11) is 0. The second-order valence-corrected chi connectivity index (χ2v) is 7.18. The highest BCUT2D eigenvalue weighted by atomic mass is 16.5. The van der Waals surface area contributed by atoms with E-state index in [1.165, 1.54) is 24.8 Å². The van der Waals surface area contributed by atoms with Crippen molar-refractivity contribution in [2.45, 2.75) is 59.6 Å². The normalized spacial score (nSPS) is 26.0. The van der Waals surface area contributed by atoms with Crippen molar-refractivity contribution in [2.75, 3.05) is 6.54 Å². The van der Waals surface area contributed by atoms with Crippen LogP contribution in [0.5, 0.6) is 5.75 Å². The molecule has 1 saturated carbocycles. The number of benzene rings is 1. The first-order chi connectivity index (χ1) is 10.0. The van der Waals surface area contributed by atoms with Gasteiger partial charge in [-0.2, -0.15) is 0 Å². The Morgan fingerprint density at radius 3 is 2.71 bits per heavy atom. The van der Waals surface area contributed by atoms with Crippen molar-refractivity contribution in [2.24, 2.45) is 17.8 Å². The molecule has 1 aromatic rings. The van der Waals surface area contributed by atoms with E-state index in [1.807, 2.05) is 0 Å². The molecule has 118 valence electrons. The van der Waals surface area contributed by atoms with E-state index in [1.54, 1.807) is 0 Å². The van der Waals surface area contributed by atoms with Crippen molar-refractivity contribution in [1.29, 1.82) is 0 Å². The first kappa shape index (κ1) is 16.4. The monoisotopic (exact) mass is 289 g/mol. The molecule has 0 bridgehead atoms. The van der Waals surface area contributed by atoms with Crippen molar-refractivity contribution < 1.29 is 4.74 Å². The van der Waals surface area contributed by atoms with Crippen LogP contribution in [0.25, 0.3) is 0 Å². The lowest BCUT2D eigenvalue weighted by atomic mass is 9.80. The molecular formula is C19H31NO. The fraction of sp³-hybridized carbons (Fsp3) is 0.684. The van der Waals surface area contributed by atoms with Gasteiger partial charge in [0.05, 0.1) is 6.10 Å². The lowest BCUT2D eigenvalue weighted by Gasteiger charge is -2.32. The summed E-state index contributed by atoms with van der Waals surface area (Å²) in [5, 5.41) is 3.49. The van der Waals surface area contributed by atoms with E-state index in [2.05, 4.69) is 57.3 Å². The van der Waals surface area contributed by atoms with Crippen LogP contribution in [0.3, 0.4) is 0 Å². The first-order valence-electron chi connectivity index (χ1n) is 8.51. The number of ether oxygens (including phenoxy) is 1. The summed E-state index contributed by atoms with van der Waals surface area (Å²) in [5.74, 6) is 3.34. The zero-order chi connectivity index (χ0) is 15.2. The number of hydrogen-bond donors (Lipinski definition) is 1. The number of nitrogens with one attached hydrogen (secondary N) is 1. The van der Waals surface area contributed by atoms with E-state index < -0.39 is 0 Å². The molecule has 0 radical (unpaired) electrons. The first-order valence-corrected chi connectivity index (χ1v) is 8.51. The van der Waals surface area contributed by atoms with Crippen LogP contribution in [0.1, 0.15) is 52.5 Å². The van der Waals surface area contributed by atoms with Gasteiger partial charge in [0.2, 0.25) is 0 Å². The van der Waals surface area contributed by atoms with Gasteiger partial charge in [-0.05, 0) is 61.3 Å². The predicted molar refractivity (Wildman–Crippen MR) is 89.6 cm³/mol. The quantitative estimate of drug-likeness (QED) is 0.824. The van der Waals surface area contributed by atoms with Gasteiger partial charge in [-0.1, -0.05) is 39.8 Å². The van der Waals surface area contributed by atoms with E-state index in [9.17, 15) is 0 Å². The van der Waals surface area contributed by atoms with E-state index in [0.29, 0.717) is 12.0 Å². The molecule has 3 atom stereocenters. The van der Waals surface area contributed by atoms with Crippen molar-refractivity contribution in [3.63, 3.8) is 0 Å². The van der Waals surface area contributed by atoms with Crippen LogP contribution in [0.2, 0.25) is 0 Å². The van der Waals surface area contributed by atoms with Crippen LogP contribution in [0, 0.1) is 17.8 Å². The molecule has 0 aromatic heterocycles. The third-order valence-corrected chi connectivity index (χ3v) is 4.63. The van der Waals surface area contributed by atoms with E-state index in [0.717, 1.165) is 30.7 Å². The van der Waals surface area contributed by atoms with E-state index in [4.69, 9.17) is 4.74 Å². The molecule has 1 aromatic carbocycles. The molecule has 0 aliphatic heterocycles. The summed E-state index contributed by atoms with van der Waals surface area (Å²) in [6, 6.07) is 8.56. The Kier molecular flexibility index (Phi) is 6.10. The molecule has 0 saturated heterocycles. The standard InChI is InChI=1S/C19H31NO/c1-14(2)12-20-13-17-6-5-7-18(11-17)21-19-9-8-15(3)16(4)10-19/h5-7,11,14-16,19-20H,8-10,12-13H2,1-4H3. The van der Waals surface area contributed by atoms with Crippen LogP contribution in [0.15, 0.2) is 24.3 Å². The van der Waals surface area contributed by atoms with Gasteiger partial charge >= 0.3 is 0 Å². The van der Waals surface area contributed by atoms with Gasteiger partial charge in [0, 0.05) is 6.54 Å². The highest BCUT2D eigenvalue weighted by Crippen LogP contribution is 2.31. The molecule has 1 aliphatic carbocycles. The highest BCUT2D eigenvalue weighted by molar-refractivity contribution is 5.28. The van der Waals surface area contributed by atoms with E-state index >= 15 is 0 Å². The van der Waals surface area contributed by atoms with Gasteiger partial charge in [-0.15, -0.1) is 0 Å². The molecule has 2 heteroatoms. The summed E-state index contributed by atoms with van der Waals surface area (Å²) in [6.07, 6.45) is 4.08. The molecule has 2 rings (SSSR count). The third-order valence-electron chi connectivity index (χ3n) is 4.63. The topological polar surface area (TPSA) is 21.3 Å². The molecule has 21 heavy (non-hydrogen) atoms. The second kappa shape index (κ2) is 7.84. The summed E-state index contributed by atoms with van der Waals surface area (Å²) >= 11 is 0. The largest absolute Gasteiger partial charge is 0.490 e. The molecule has 3 unspecified atom stereocenters. The second-order valence-electron chi connectivity index (χ2n) is 7.18. The fourth-order valence-electron chi connectivity index (χ4n) is 3.03. The van der Waals surface area contributed by atoms with Crippen LogP contribution < -0.4 is 10.1 Å². The van der Waals surface area contributed by atoms with Gasteiger partial charge in [0.25, 0.3) is 0 Å². The van der Waals surface area contributed by atoms with Crippen LogP contribution in [0.4, 0.5) is 0 Å². The minimum atomic E-state index is 0.398. The highest BCUT2D eigenvalue weighted by Gasteiger charge is 2.25.